The molecule has 2 nitrogen and oxygen atoms in total. The molecular formula is C23H19O2P. The summed E-state index contributed by atoms with van der Waals surface area (Å²) in [6, 6.07) is 25.8. The number of rotatable bonds is 4. The molecule has 0 atom stereocenters. The van der Waals surface area contributed by atoms with Gasteiger partial charge in [-0.05, 0) is 17.8 Å². The largest absolute Gasteiger partial charge is 0.300 e. The number of carbonyl (C=O) groups excluding carboxylic acids is 1. The Bertz CT molecular complexity index is 951. The number of carbonyl (C=O) groups is 1. The number of hydrogen-bond donors (Lipinski definition) is 0. The molecule has 128 valence electrons. The van der Waals surface area contributed by atoms with Crippen molar-refractivity contribution in [3.63, 3.8) is 0 Å². The molecule has 0 saturated heterocycles. The fourth-order valence-electron chi connectivity index (χ4n) is 2.64. The van der Waals surface area contributed by atoms with Crippen LogP contribution >= 0.6 is 7.14 Å². The van der Waals surface area contributed by atoms with Crippen LogP contribution in [0, 0.1) is 11.6 Å². The van der Waals surface area contributed by atoms with E-state index in [1.165, 1.54) is 0 Å². The molecule has 26 heavy (non-hydrogen) atoms. The summed E-state index contributed by atoms with van der Waals surface area (Å²) < 4.78 is 13.8. The lowest BCUT2D eigenvalue weighted by molar-refractivity contribution is 0.0988. The minimum absolute atomic E-state index is 0.101. The Kier molecular flexibility index (Phi) is 5.52. The monoisotopic (exact) mass is 358 g/mol. The average molecular weight is 358 g/mol. The van der Waals surface area contributed by atoms with Gasteiger partial charge in [0.1, 0.15) is 0 Å². The van der Waals surface area contributed by atoms with E-state index < -0.39 is 7.14 Å². The molecule has 0 radical (unpaired) electrons. The van der Waals surface area contributed by atoms with E-state index in [9.17, 15) is 9.36 Å². The van der Waals surface area contributed by atoms with Gasteiger partial charge in [0.2, 0.25) is 7.14 Å². The maximum atomic E-state index is 13.8. The Labute approximate surface area is 154 Å². The van der Waals surface area contributed by atoms with Gasteiger partial charge in [0.25, 0.3) is 0 Å². The fraction of sp³-hybridized carbons (Fsp3) is 0.0870. The van der Waals surface area contributed by atoms with E-state index in [-0.39, 0.29) is 5.78 Å². The first-order chi connectivity index (χ1) is 12.6. The van der Waals surface area contributed by atoms with E-state index in [0.29, 0.717) is 12.0 Å². The maximum Gasteiger partial charge on any atom is 0.211 e. The highest BCUT2D eigenvalue weighted by molar-refractivity contribution is 7.83. The normalized spacial score (nSPS) is 10.7. The summed E-state index contributed by atoms with van der Waals surface area (Å²) in [6.07, 6.45) is 0.474. The molecule has 0 saturated carbocycles. The molecule has 3 rings (SSSR count). The lowest BCUT2D eigenvalue weighted by Gasteiger charge is -2.12. The Hall–Kier alpha value is -2.88. The predicted molar refractivity (Wildman–Crippen MR) is 108 cm³/mol. The van der Waals surface area contributed by atoms with Crippen molar-refractivity contribution >= 4 is 23.5 Å². The van der Waals surface area contributed by atoms with Crippen LogP contribution in [0.25, 0.3) is 0 Å². The van der Waals surface area contributed by atoms with Crippen molar-refractivity contribution in [2.24, 2.45) is 0 Å². The molecular weight excluding hydrogens is 339 g/mol. The lowest BCUT2D eigenvalue weighted by Crippen LogP contribution is -2.14. The van der Waals surface area contributed by atoms with Gasteiger partial charge in [-0.1, -0.05) is 85.6 Å². The van der Waals surface area contributed by atoms with Gasteiger partial charge in [0.05, 0.1) is 0 Å². The maximum absolute atomic E-state index is 13.8. The first-order valence-electron chi connectivity index (χ1n) is 8.51. The van der Waals surface area contributed by atoms with Crippen LogP contribution in [-0.2, 0) is 4.57 Å². The molecule has 0 aliphatic carbocycles. The van der Waals surface area contributed by atoms with Gasteiger partial charge in [0.15, 0.2) is 5.78 Å². The highest BCUT2D eigenvalue weighted by Crippen LogP contribution is 2.41. The minimum atomic E-state index is -3.05. The molecule has 0 aromatic heterocycles. The molecule has 0 amide bonds. The van der Waals surface area contributed by atoms with E-state index in [0.717, 1.165) is 16.2 Å². The molecule has 3 heteroatoms. The molecule has 0 aliphatic rings. The zero-order chi connectivity index (χ0) is 18.4. The predicted octanol–water partition coefficient (Wildman–Crippen LogP) is 4.60. The van der Waals surface area contributed by atoms with Crippen molar-refractivity contribution in [3.8, 4) is 11.6 Å². The van der Waals surface area contributed by atoms with Crippen molar-refractivity contribution in [1.29, 1.82) is 0 Å². The zero-order valence-corrected chi connectivity index (χ0v) is 15.4. The summed E-state index contributed by atoms with van der Waals surface area (Å²) in [5, 5.41) is 1.44. The molecule has 3 aromatic carbocycles. The van der Waals surface area contributed by atoms with Crippen molar-refractivity contribution in [2.75, 3.05) is 0 Å². The molecule has 0 bridgehead atoms. The first kappa shape index (κ1) is 17.9. The topological polar surface area (TPSA) is 34.1 Å². The number of Topliss-reactive ketones (excluding diaryl/α,β-unsaturated/α-hetero) is 1. The molecule has 0 heterocycles. The second-order valence-electron chi connectivity index (χ2n) is 5.87. The van der Waals surface area contributed by atoms with Crippen LogP contribution in [-0.4, -0.2) is 5.78 Å². The summed E-state index contributed by atoms with van der Waals surface area (Å²) >= 11 is 0. The van der Waals surface area contributed by atoms with Gasteiger partial charge < -0.3 is 0 Å². The second-order valence-corrected chi connectivity index (χ2v) is 8.35. The van der Waals surface area contributed by atoms with Gasteiger partial charge in [-0.15, -0.1) is 0 Å². The van der Waals surface area contributed by atoms with E-state index in [4.69, 9.17) is 0 Å². The summed E-state index contributed by atoms with van der Waals surface area (Å²) in [4.78, 5) is 11.7. The third kappa shape index (κ3) is 3.85. The van der Waals surface area contributed by atoms with E-state index >= 15 is 0 Å². The molecule has 3 aromatic rings. The van der Waals surface area contributed by atoms with Crippen LogP contribution in [0.2, 0.25) is 0 Å². The molecule has 0 fully saturated rings. The van der Waals surface area contributed by atoms with Gasteiger partial charge in [-0.2, -0.15) is 0 Å². The van der Waals surface area contributed by atoms with Crippen LogP contribution < -0.4 is 10.6 Å². The molecule has 0 unspecified atom stereocenters. The number of hydrogen-bond acceptors (Lipinski definition) is 2. The molecule has 0 aliphatic heterocycles. The first-order valence-corrected chi connectivity index (χ1v) is 10.2. The van der Waals surface area contributed by atoms with Crippen molar-refractivity contribution in [3.05, 3.63) is 96.1 Å². The molecule has 0 N–H and O–H groups in total. The van der Waals surface area contributed by atoms with Crippen LogP contribution in [0.3, 0.4) is 0 Å². The van der Waals surface area contributed by atoms with Crippen LogP contribution in [0.15, 0.2) is 84.9 Å². The van der Waals surface area contributed by atoms with E-state index in [2.05, 4.69) is 11.6 Å². The molecule has 0 spiro atoms. The minimum Gasteiger partial charge on any atom is -0.300 e. The third-order valence-electron chi connectivity index (χ3n) is 4.13. The zero-order valence-electron chi connectivity index (χ0n) is 14.6. The van der Waals surface area contributed by atoms with Gasteiger partial charge >= 0.3 is 0 Å². The summed E-state index contributed by atoms with van der Waals surface area (Å²) in [5.74, 6) is 3.14. The SMILES string of the molecule is CCC(=O)c1ccc(C#CP(=O)(c2ccccc2)c2ccccc2)cc1. The summed E-state index contributed by atoms with van der Waals surface area (Å²) in [7, 11) is -3.05. The smallest absolute Gasteiger partial charge is 0.211 e. The highest BCUT2D eigenvalue weighted by atomic mass is 31.2. The van der Waals surface area contributed by atoms with Crippen molar-refractivity contribution in [1.82, 2.24) is 0 Å². The lowest BCUT2D eigenvalue weighted by atomic mass is 10.1. The van der Waals surface area contributed by atoms with Crippen LogP contribution in [0.4, 0.5) is 0 Å². The Morgan fingerprint density at radius 1 is 0.808 bits per heavy atom. The third-order valence-corrected chi connectivity index (χ3v) is 6.60. The summed E-state index contributed by atoms with van der Waals surface area (Å²) in [5.41, 5.74) is 4.44. The van der Waals surface area contributed by atoms with Gasteiger partial charge in [-0.3, -0.25) is 9.36 Å². The van der Waals surface area contributed by atoms with Gasteiger partial charge in [-0.25, -0.2) is 0 Å². The Balaban J connectivity index is 2.02. The standard InChI is InChI=1S/C23H19O2P/c1-2-23(24)20-15-13-19(14-16-20)17-18-26(25,21-9-5-3-6-10-21)22-11-7-4-8-12-22/h3-16H,2H2,1H3. The summed E-state index contributed by atoms with van der Waals surface area (Å²) in [6.45, 7) is 1.84. The van der Waals surface area contributed by atoms with Crippen LogP contribution in [0.5, 0.6) is 0 Å². The second kappa shape index (κ2) is 8.00. The van der Waals surface area contributed by atoms with Crippen LogP contribution in [0.1, 0.15) is 29.3 Å². The van der Waals surface area contributed by atoms with Crippen molar-refractivity contribution < 1.29 is 9.36 Å². The van der Waals surface area contributed by atoms with E-state index in [1.54, 1.807) is 24.3 Å². The van der Waals surface area contributed by atoms with E-state index in [1.807, 2.05) is 67.6 Å². The highest BCUT2D eigenvalue weighted by Gasteiger charge is 2.24. The fourth-order valence-corrected chi connectivity index (χ4v) is 4.67. The van der Waals surface area contributed by atoms with Crippen molar-refractivity contribution in [2.45, 2.75) is 13.3 Å². The van der Waals surface area contributed by atoms with Gasteiger partial charge in [0, 0.05) is 28.2 Å². The quantitative estimate of drug-likeness (QED) is 0.388. The Morgan fingerprint density at radius 3 is 1.77 bits per heavy atom. The number of benzene rings is 3. The Morgan fingerprint density at radius 2 is 1.31 bits per heavy atom. The average Bonchev–Trinajstić information content (AvgIpc) is 2.73. The number of ketones is 1.